The van der Waals surface area contributed by atoms with Gasteiger partial charge in [-0.2, -0.15) is 0 Å². The second-order valence-electron chi connectivity index (χ2n) is 5.93. The van der Waals surface area contributed by atoms with Gasteiger partial charge in [-0.3, -0.25) is 0 Å². The molecule has 0 spiro atoms. The standard InChI is InChI=1S/C17H27NO/c1-4-10-18-16(12-13(2)3)17-15-8-6-5-7-14(15)9-11-19-17/h5-8,13,16-18H,4,9-12H2,1-3H3. The number of fused-ring (bicyclic) bond motifs is 1. The SMILES string of the molecule is CCCNC(CC(C)C)C1OCCc2ccccc21. The second kappa shape index (κ2) is 7.06. The van der Waals surface area contributed by atoms with Crippen molar-refractivity contribution >= 4 is 0 Å². The van der Waals surface area contributed by atoms with Crippen LogP contribution in [0.4, 0.5) is 0 Å². The van der Waals surface area contributed by atoms with Gasteiger partial charge in [-0.05, 0) is 42.9 Å². The summed E-state index contributed by atoms with van der Waals surface area (Å²) in [7, 11) is 0. The molecule has 0 amide bonds. The number of hydrogen-bond acceptors (Lipinski definition) is 2. The first-order chi connectivity index (χ1) is 9.22. The van der Waals surface area contributed by atoms with Crippen molar-refractivity contribution in [3.8, 4) is 0 Å². The number of hydrogen-bond donors (Lipinski definition) is 1. The smallest absolute Gasteiger partial charge is 0.0980 e. The van der Waals surface area contributed by atoms with Crippen molar-refractivity contribution in [2.75, 3.05) is 13.2 Å². The molecule has 0 aliphatic carbocycles. The van der Waals surface area contributed by atoms with Crippen LogP contribution in [-0.2, 0) is 11.2 Å². The highest BCUT2D eigenvalue weighted by Crippen LogP contribution is 2.31. The lowest BCUT2D eigenvalue weighted by Gasteiger charge is -2.34. The summed E-state index contributed by atoms with van der Waals surface area (Å²) in [6, 6.07) is 9.18. The Balaban J connectivity index is 2.17. The van der Waals surface area contributed by atoms with Crippen LogP contribution in [-0.4, -0.2) is 19.2 Å². The Bertz CT molecular complexity index is 389. The second-order valence-corrected chi connectivity index (χ2v) is 5.93. The first-order valence-corrected chi connectivity index (χ1v) is 7.65. The average Bonchev–Trinajstić information content (AvgIpc) is 2.42. The summed E-state index contributed by atoms with van der Waals surface area (Å²) >= 11 is 0. The minimum atomic E-state index is 0.221. The summed E-state index contributed by atoms with van der Waals surface area (Å²) in [4.78, 5) is 0. The Morgan fingerprint density at radius 3 is 2.84 bits per heavy atom. The molecule has 2 heteroatoms. The molecule has 1 N–H and O–H groups in total. The van der Waals surface area contributed by atoms with Gasteiger partial charge >= 0.3 is 0 Å². The topological polar surface area (TPSA) is 21.3 Å². The van der Waals surface area contributed by atoms with E-state index in [-0.39, 0.29) is 6.10 Å². The van der Waals surface area contributed by atoms with E-state index in [1.165, 1.54) is 24.0 Å². The van der Waals surface area contributed by atoms with Crippen LogP contribution in [0.5, 0.6) is 0 Å². The molecule has 0 saturated carbocycles. The summed E-state index contributed by atoms with van der Waals surface area (Å²) < 4.78 is 6.10. The van der Waals surface area contributed by atoms with E-state index in [2.05, 4.69) is 50.4 Å². The highest BCUT2D eigenvalue weighted by molar-refractivity contribution is 5.32. The van der Waals surface area contributed by atoms with Crippen molar-refractivity contribution in [1.82, 2.24) is 5.32 Å². The lowest BCUT2D eigenvalue weighted by molar-refractivity contribution is 0.0104. The summed E-state index contributed by atoms with van der Waals surface area (Å²) in [5.41, 5.74) is 2.86. The Kier molecular flexibility index (Phi) is 5.41. The zero-order valence-corrected chi connectivity index (χ0v) is 12.5. The van der Waals surface area contributed by atoms with Gasteiger partial charge in [0.25, 0.3) is 0 Å². The minimum absolute atomic E-state index is 0.221. The van der Waals surface area contributed by atoms with Gasteiger partial charge in [0.1, 0.15) is 0 Å². The molecular formula is C17H27NO. The maximum Gasteiger partial charge on any atom is 0.0980 e. The van der Waals surface area contributed by atoms with Crippen LogP contribution >= 0.6 is 0 Å². The van der Waals surface area contributed by atoms with Gasteiger partial charge < -0.3 is 10.1 Å². The Morgan fingerprint density at radius 2 is 2.11 bits per heavy atom. The molecule has 2 atom stereocenters. The molecule has 1 heterocycles. The normalized spacial score (nSPS) is 20.3. The molecule has 0 bridgehead atoms. The molecule has 2 unspecified atom stereocenters. The Morgan fingerprint density at radius 1 is 1.32 bits per heavy atom. The maximum absolute atomic E-state index is 6.10. The van der Waals surface area contributed by atoms with Gasteiger partial charge in [-0.25, -0.2) is 0 Å². The molecule has 0 aromatic heterocycles. The van der Waals surface area contributed by atoms with Crippen molar-refractivity contribution in [2.45, 2.75) is 52.2 Å². The predicted octanol–water partition coefficient (Wildman–Crippen LogP) is 3.71. The summed E-state index contributed by atoms with van der Waals surface area (Å²) in [6.07, 6.45) is 3.61. The minimum Gasteiger partial charge on any atom is -0.372 e. The molecule has 0 radical (unpaired) electrons. The number of rotatable bonds is 6. The molecule has 1 aromatic rings. The lowest BCUT2D eigenvalue weighted by atomic mass is 9.89. The van der Waals surface area contributed by atoms with Crippen LogP contribution in [0.3, 0.4) is 0 Å². The van der Waals surface area contributed by atoms with Gasteiger partial charge in [-0.1, -0.05) is 45.0 Å². The third-order valence-electron chi connectivity index (χ3n) is 3.78. The van der Waals surface area contributed by atoms with Gasteiger partial charge in [0, 0.05) is 6.04 Å². The number of benzene rings is 1. The van der Waals surface area contributed by atoms with Gasteiger partial charge in [-0.15, -0.1) is 0 Å². The lowest BCUT2D eigenvalue weighted by Crippen LogP contribution is -2.39. The Hall–Kier alpha value is -0.860. The fraction of sp³-hybridized carbons (Fsp3) is 0.647. The first kappa shape index (κ1) is 14.5. The molecule has 0 saturated heterocycles. The van der Waals surface area contributed by atoms with E-state index in [1.807, 2.05) is 0 Å². The molecule has 1 aliphatic heterocycles. The molecule has 106 valence electrons. The van der Waals surface area contributed by atoms with Crippen molar-refractivity contribution in [3.05, 3.63) is 35.4 Å². The molecule has 2 rings (SSSR count). The zero-order valence-electron chi connectivity index (χ0n) is 12.5. The van der Waals surface area contributed by atoms with Crippen LogP contribution in [0.2, 0.25) is 0 Å². The highest BCUT2D eigenvalue weighted by Gasteiger charge is 2.28. The van der Waals surface area contributed by atoms with E-state index in [0.717, 1.165) is 19.6 Å². The zero-order chi connectivity index (χ0) is 13.7. The Labute approximate surface area is 117 Å². The van der Waals surface area contributed by atoms with E-state index in [9.17, 15) is 0 Å². The van der Waals surface area contributed by atoms with Gasteiger partial charge in [0.2, 0.25) is 0 Å². The van der Waals surface area contributed by atoms with Crippen LogP contribution in [0.15, 0.2) is 24.3 Å². The average molecular weight is 261 g/mol. The molecular weight excluding hydrogens is 234 g/mol. The van der Waals surface area contributed by atoms with Crippen LogP contribution < -0.4 is 5.32 Å². The first-order valence-electron chi connectivity index (χ1n) is 7.65. The third kappa shape index (κ3) is 3.80. The fourth-order valence-corrected chi connectivity index (χ4v) is 2.91. The van der Waals surface area contributed by atoms with E-state index in [0.29, 0.717) is 12.0 Å². The molecule has 1 aromatic carbocycles. The molecule has 1 aliphatic rings. The van der Waals surface area contributed by atoms with E-state index < -0.39 is 0 Å². The predicted molar refractivity (Wildman–Crippen MR) is 80.4 cm³/mol. The van der Waals surface area contributed by atoms with Crippen LogP contribution in [0, 0.1) is 5.92 Å². The van der Waals surface area contributed by atoms with E-state index in [4.69, 9.17) is 4.74 Å². The number of nitrogens with one attached hydrogen (secondary N) is 1. The monoisotopic (exact) mass is 261 g/mol. The largest absolute Gasteiger partial charge is 0.372 e. The van der Waals surface area contributed by atoms with Crippen LogP contribution in [0.1, 0.15) is 50.8 Å². The highest BCUT2D eigenvalue weighted by atomic mass is 16.5. The fourth-order valence-electron chi connectivity index (χ4n) is 2.91. The summed E-state index contributed by atoms with van der Waals surface area (Å²) in [6.45, 7) is 8.71. The van der Waals surface area contributed by atoms with E-state index >= 15 is 0 Å². The quantitative estimate of drug-likeness (QED) is 0.843. The van der Waals surface area contributed by atoms with Gasteiger partial charge in [0.05, 0.1) is 12.7 Å². The van der Waals surface area contributed by atoms with Crippen molar-refractivity contribution < 1.29 is 4.74 Å². The van der Waals surface area contributed by atoms with E-state index in [1.54, 1.807) is 0 Å². The molecule has 2 nitrogen and oxygen atoms in total. The molecule has 0 fully saturated rings. The van der Waals surface area contributed by atoms with Gasteiger partial charge in [0.15, 0.2) is 0 Å². The maximum atomic E-state index is 6.10. The van der Waals surface area contributed by atoms with Crippen LogP contribution in [0.25, 0.3) is 0 Å². The summed E-state index contributed by atoms with van der Waals surface area (Å²) in [5.74, 6) is 0.687. The molecule has 19 heavy (non-hydrogen) atoms. The summed E-state index contributed by atoms with van der Waals surface area (Å²) in [5, 5.41) is 3.69. The van der Waals surface area contributed by atoms with Crippen molar-refractivity contribution in [3.63, 3.8) is 0 Å². The number of ether oxygens (including phenoxy) is 1. The van der Waals surface area contributed by atoms with Crippen molar-refractivity contribution in [2.24, 2.45) is 5.92 Å². The van der Waals surface area contributed by atoms with Crippen molar-refractivity contribution in [1.29, 1.82) is 0 Å². The third-order valence-corrected chi connectivity index (χ3v) is 3.78.